The lowest BCUT2D eigenvalue weighted by atomic mass is 10.2. The highest BCUT2D eigenvalue weighted by molar-refractivity contribution is 7.92. The molecule has 1 N–H and O–H groups in total. The number of anilines is 1. The van der Waals surface area contributed by atoms with Crippen LogP contribution in [-0.2, 0) is 20.1 Å². The third-order valence-electron chi connectivity index (χ3n) is 3.73. The van der Waals surface area contributed by atoms with Gasteiger partial charge < -0.3 is 4.18 Å². The SMILES string of the molecule is Cc1cc(OS(=O)(=O)c2ccccc2)ccc1NS(=O)(=O)c1ccccc1. The van der Waals surface area contributed by atoms with Crippen LogP contribution in [-0.4, -0.2) is 16.8 Å². The van der Waals surface area contributed by atoms with Crippen LogP contribution in [0.5, 0.6) is 5.75 Å². The maximum absolute atomic E-state index is 12.4. The van der Waals surface area contributed by atoms with E-state index in [4.69, 9.17) is 4.18 Å². The van der Waals surface area contributed by atoms with Crippen LogP contribution in [0.15, 0.2) is 88.7 Å². The number of sulfonamides is 1. The fourth-order valence-corrected chi connectivity index (χ4v) is 4.46. The Labute approximate surface area is 158 Å². The van der Waals surface area contributed by atoms with Crippen LogP contribution in [0.4, 0.5) is 5.69 Å². The molecule has 0 saturated carbocycles. The number of nitrogens with one attached hydrogen (secondary N) is 1. The Balaban J connectivity index is 1.82. The first kappa shape index (κ1) is 18.9. The average Bonchev–Trinajstić information content (AvgIpc) is 2.65. The Hall–Kier alpha value is -2.84. The predicted octanol–water partition coefficient (Wildman–Crippen LogP) is 3.56. The summed E-state index contributed by atoms with van der Waals surface area (Å²) in [5, 5.41) is 0. The van der Waals surface area contributed by atoms with E-state index >= 15 is 0 Å². The molecule has 0 aliphatic carbocycles. The summed E-state index contributed by atoms with van der Waals surface area (Å²) in [5.41, 5.74) is 0.860. The van der Waals surface area contributed by atoms with Crippen LogP contribution >= 0.6 is 0 Å². The minimum absolute atomic E-state index is 0.0384. The summed E-state index contributed by atoms with van der Waals surface area (Å²) in [4.78, 5) is 0.174. The Bertz CT molecular complexity index is 1140. The molecule has 0 radical (unpaired) electrons. The van der Waals surface area contributed by atoms with Gasteiger partial charge in [-0.1, -0.05) is 36.4 Å². The standard InChI is InChI=1S/C19H17NO5S2/c1-15-14-16(25-27(23,24)18-10-6-3-7-11-18)12-13-19(15)20-26(21,22)17-8-4-2-5-9-17/h2-14,20H,1H3. The molecule has 3 aromatic rings. The zero-order chi connectivity index (χ0) is 19.5. The van der Waals surface area contributed by atoms with E-state index in [1.807, 2.05) is 0 Å². The maximum atomic E-state index is 12.4. The van der Waals surface area contributed by atoms with Crippen molar-refractivity contribution in [2.24, 2.45) is 0 Å². The molecular formula is C19H17NO5S2. The van der Waals surface area contributed by atoms with Crippen LogP contribution < -0.4 is 8.91 Å². The second-order valence-corrected chi connectivity index (χ2v) is 8.97. The number of aryl methyl sites for hydroxylation is 1. The smallest absolute Gasteiger partial charge is 0.339 e. The van der Waals surface area contributed by atoms with Gasteiger partial charge in [-0.2, -0.15) is 8.42 Å². The minimum Gasteiger partial charge on any atom is -0.379 e. The van der Waals surface area contributed by atoms with Gasteiger partial charge in [0.15, 0.2) is 0 Å². The van der Waals surface area contributed by atoms with Gasteiger partial charge in [0, 0.05) is 0 Å². The summed E-state index contributed by atoms with van der Waals surface area (Å²) in [6.45, 7) is 1.66. The lowest BCUT2D eigenvalue weighted by molar-refractivity contribution is 0.486. The molecule has 0 amide bonds. The van der Waals surface area contributed by atoms with Gasteiger partial charge in [-0.15, -0.1) is 0 Å². The molecule has 6 nitrogen and oxygen atoms in total. The van der Waals surface area contributed by atoms with Gasteiger partial charge in [-0.3, -0.25) is 4.72 Å². The summed E-state index contributed by atoms with van der Waals surface area (Å²) >= 11 is 0. The topological polar surface area (TPSA) is 89.5 Å². The summed E-state index contributed by atoms with van der Waals surface area (Å²) in [7, 11) is -7.70. The molecule has 0 fully saturated rings. The van der Waals surface area contributed by atoms with E-state index in [0.29, 0.717) is 11.3 Å². The number of hydrogen-bond acceptors (Lipinski definition) is 5. The van der Waals surface area contributed by atoms with Crippen LogP contribution in [0.3, 0.4) is 0 Å². The third-order valence-corrected chi connectivity index (χ3v) is 6.38. The highest BCUT2D eigenvalue weighted by Gasteiger charge is 2.18. The van der Waals surface area contributed by atoms with Crippen LogP contribution in [0.1, 0.15) is 5.56 Å². The van der Waals surface area contributed by atoms with Crippen molar-refractivity contribution in [2.75, 3.05) is 4.72 Å². The van der Waals surface area contributed by atoms with Crippen molar-refractivity contribution in [3.8, 4) is 5.75 Å². The maximum Gasteiger partial charge on any atom is 0.339 e. The second kappa shape index (κ2) is 7.42. The molecule has 0 aliphatic rings. The van der Waals surface area contributed by atoms with E-state index < -0.39 is 20.1 Å². The van der Waals surface area contributed by atoms with Crippen molar-refractivity contribution < 1.29 is 21.0 Å². The molecule has 3 aromatic carbocycles. The van der Waals surface area contributed by atoms with Crippen LogP contribution in [0.25, 0.3) is 0 Å². The van der Waals surface area contributed by atoms with E-state index in [2.05, 4.69) is 4.72 Å². The first-order valence-corrected chi connectivity index (χ1v) is 10.9. The van der Waals surface area contributed by atoms with Crippen molar-refractivity contribution in [3.63, 3.8) is 0 Å². The van der Waals surface area contributed by atoms with Gasteiger partial charge in [-0.05, 0) is 55.0 Å². The summed E-state index contributed by atoms with van der Waals surface area (Å²) < 4.78 is 57.0. The molecule has 0 bridgehead atoms. The lowest BCUT2D eigenvalue weighted by Crippen LogP contribution is -2.14. The monoisotopic (exact) mass is 403 g/mol. The molecule has 3 rings (SSSR count). The van der Waals surface area contributed by atoms with Gasteiger partial charge in [0.25, 0.3) is 10.0 Å². The first-order valence-electron chi connectivity index (χ1n) is 7.96. The fraction of sp³-hybridized carbons (Fsp3) is 0.0526. The molecule has 0 aromatic heterocycles. The molecule has 0 spiro atoms. The second-order valence-electron chi connectivity index (χ2n) is 5.75. The molecule has 0 heterocycles. The number of benzene rings is 3. The minimum atomic E-state index is -3.96. The Morgan fingerprint density at radius 1 is 0.741 bits per heavy atom. The van der Waals surface area contributed by atoms with E-state index in [1.54, 1.807) is 43.3 Å². The van der Waals surface area contributed by atoms with Gasteiger partial charge >= 0.3 is 10.1 Å². The third kappa shape index (κ3) is 4.47. The molecule has 0 saturated heterocycles. The van der Waals surface area contributed by atoms with E-state index in [-0.39, 0.29) is 15.5 Å². The van der Waals surface area contributed by atoms with Gasteiger partial charge in [-0.25, -0.2) is 8.42 Å². The molecular weight excluding hydrogens is 386 g/mol. The first-order chi connectivity index (χ1) is 12.8. The predicted molar refractivity (Wildman–Crippen MR) is 103 cm³/mol. The molecule has 27 heavy (non-hydrogen) atoms. The zero-order valence-corrected chi connectivity index (χ0v) is 16.0. The Kier molecular flexibility index (Phi) is 5.20. The normalized spacial score (nSPS) is 11.7. The highest BCUT2D eigenvalue weighted by Crippen LogP contribution is 2.26. The van der Waals surface area contributed by atoms with E-state index in [1.165, 1.54) is 42.5 Å². The van der Waals surface area contributed by atoms with Crippen molar-refractivity contribution in [1.82, 2.24) is 0 Å². The summed E-state index contributed by atoms with van der Waals surface area (Å²) in [6, 6.07) is 20.1. The fourth-order valence-electron chi connectivity index (χ4n) is 2.37. The lowest BCUT2D eigenvalue weighted by Gasteiger charge is -2.12. The average molecular weight is 403 g/mol. The van der Waals surface area contributed by atoms with Crippen molar-refractivity contribution in [1.29, 1.82) is 0 Å². The Morgan fingerprint density at radius 3 is 1.85 bits per heavy atom. The van der Waals surface area contributed by atoms with Crippen LogP contribution in [0.2, 0.25) is 0 Å². The summed E-state index contributed by atoms with van der Waals surface area (Å²) in [5.74, 6) is 0.0963. The van der Waals surface area contributed by atoms with E-state index in [9.17, 15) is 16.8 Å². The largest absolute Gasteiger partial charge is 0.379 e. The molecule has 8 heteroatoms. The summed E-state index contributed by atoms with van der Waals surface area (Å²) in [6.07, 6.45) is 0. The molecule has 0 atom stereocenters. The molecule has 0 aliphatic heterocycles. The van der Waals surface area contributed by atoms with Gasteiger partial charge in [0.2, 0.25) is 0 Å². The number of rotatable bonds is 6. The van der Waals surface area contributed by atoms with Gasteiger partial charge in [0.05, 0.1) is 10.6 Å². The van der Waals surface area contributed by atoms with Crippen molar-refractivity contribution in [3.05, 3.63) is 84.4 Å². The van der Waals surface area contributed by atoms with Gasteiger partial charge in [0.1, 0.15) is 10.6 Å². The van der Waals surface area contributed by atoms with Crippen molar-refractivity contribution in [2.45, 2.75) is 16.7 Å². The molecule has 0 unspecified atom stereocenters. The highest BCUT2D eigenvalue weighted by atomic mass is 32.2. The zero-order valence-electron chi connectivity index (χ0n) is 14.4. The Morgan fingerprint density at radius 2 is 1.30 bits per heavy atom. The number of hydrogen-bond donors (Lipinski definition) is 1. The van der Waals surface area contributed by atoms with Crippen molar-refractivity contribution >= 4 is 25.8 Å². The molecule has 140 valence electrons. The van der Waals surface area contributed by atoms with E-state index in [0.717, 1.165) is 0 Å². The quantitative estimate of drug-likeness (QED) is 0.636. The van der Waals surface area contributed by atoms with Crippen LogP contribution in [0, 0.1) is 6.92 Å².